The van der Waals surface area contributed by atoms with Gasteiger partial charge in [0.25, 0.3) is 0 Å². The van der Waals surface area contributed by atoms with Crippen molar-refractivity contribution < 1.29 is 17.9 Å². The van der Waals surface area contributed by atoms with Crippen molar-refractivity contribution >= 4 is 19.7 Å². The third-order valence-electron chi connectivity index (χ3n) is 3.47. The van der Waals surface area contributed by atoms with Gasteiger partial charge in [0.1, 0.15) is 6.10 Å². The molecule has 1 saturated heterocycles. The van der Waals surface area contributed by atoms with Crippen LogP contribution in [0.25, 0.3) is 0 Å². The molecule has 118 valence electrons. The quantitative estimate of drug-likeness (QED) is 0.773. The fourth-order valence-corrected chi connectivity index (χ4v) is 3.53. The number of piperidine rings is 1. The predicted molar refractivity (Wildman–Crippen MR) is 82.6 cm³/mol. The van der Waals surface area contributed by atoms with Gasteiger partial charge in [-0.25, -0.2) is 8.42 Å². The van der Waals surface area contributed by atoms with E-state index in [1.54, 1.807) is 18.2 Å². The highest BCUT2D eigenvalue weighted by molar-refractivity contribution is 8.13. The summed E-state index contributed by atoms with van der Waals surface area (Å²) in [6.07, 6.45) is 2.14. The summed E-state index contributed by atoms with van der Waals surface area (Å²) in [5.41, 5.74) is 0.508. The second-order valence-electron chi connectivity index (χ2n) is 5.28. The number of rotatable bonds is 5. The first-order chi connectivity index (χ1) is 9.89. The molecule has 0 spiro atoms. The molecule has 2 rings (SSSR count). The summed E-state index contributed by atoms with van der Waals surface area (Å²) in [7, 11) is 5.25. The van der Waals surface area contributed by atoms with E-state index in [1.165, 1.54) is 7.11 Å². The number of benzene rings is 1. The molecule has 1 heterocycles. The average molecular weight is 334 g/mol. The highest BCUT2D eigenvalue weighted by Gasteiger charge is 2.22. The number of hydrogen-bond donors (Lipinski definition) is 0. The van der Waals surface area contributed by atoms with Crippen molar-refractivity contribution in [2.75, 3.05) is 27.2 Å². The van der Waals surface area contributed by atoms with Crippen LogP contribution in [0.15, 0.2) is 18.2 Å². The van der Waals surface area contributed by atoms with Crippen LogP contribution in [0.5, 0.6) is 11.5 Å². The Morgan fingerprint density at radius 1 is 1.43 bits per heavy atom. The van der Waals surface area contributed by atoms with Crippen molar-refractivity contribution in [3.05, 3.63) is 23.8 Å². The minimum atomic E-state index is -3.64. The first-order valence-electron chi connectivity index (χ1n) is 6.82. The van der Waals surface area contributed by atoms with E-state index in [-0.39, 0.29) is 11.9 Å². The van der Waals surface area contributed by atoms with Crippen molar-refractivity contribution in [2.45, 2.75) is 24.7 Å². The lowest BCUT2D eigenvalue weighted by atomic mass is 10.1. The van der Waals surface area contributed by atoms with Crippen LogP contribution in [0.1, 0.15) is 18.4 Å². The predicted octanol–water partition coefficient (Wildman–Crippen LogP) is 2.24. The van der Waals surface area contributed by atoms with E-state index < -0.39 is 9.05 Å². The molecule has 1 atom stereocenters. The molecule has 1 aliphatic heterocycles. The first-order valence-corrected chi connectivity index (χ1v) is 9.30. The topological polar surface area (TPSA) is 55.8 Å². The molecule has 0 saturated carbocycles. The van der Waals surface area contributed by atoms with Gasteiger partial charge in [-0.1, -0.05) is 12.1 Å². The van der Waals surface area contributed by atoms with E-state index in [0.717, 1.165) is 25.9 Å². The molecule has 21 heavy (non-hydrogen) atoms. The Balaban J connectivity index is 2.21. The van der Waals surface area contributed by atoms with Gasteiger partial charge in [0.05, 0.1) is 12.9 Å². The van der Waals surface area contributed by atoms with Gasteiger partial charge in [-0.15, -0.1) is 0 Å². The van der Waals surface area contributed by atoms with Gasteiger partial charge in [-0.3, -0.25) is 0 Å². The highest BCUT2D eigenvalue weighted by Crippen LogP contribution is 2.34. The maximum atomic E-state index is 11.3. The molecule has 0 amide bonds. The Hall–Kier alpha value is -0.980. The molecule has 0 radical (unpaired) electrons. The number of methoxy groups -OCH3 is 1. The van der Waals surface area contributed by atoms with E-state index in [9.17, 15) is 8.42 Å². The van der Waals surface area contributed by atoms with Crippen molar-refractivity contribution in [3.8, 4) is 11.5 Å². The fraction of sp³-hybridized carbons (Fsp3) is 0.571. The third-order valence-corrected chi connectivity index (χ3v) is 4.45. The Kier molecular flexibility index (Phi) is 5.35. The van der Waals surface area contributed by atoms with Gasteiger partial charge >= 0.3 is 0 Å². The van der Waals surface area contributed by atoms with Gasteiger partial charge in [-0.05, 0) is 32.5 Å². The van der Waals surface area contributed by atoms with E-state index in [4.69, 9.17) is 20.2 Å². The van der Waals surface area contributed by atoms with E-state index in [2.05, 4.69) is 11.9 Å². The SMILES string of the molecule is COc1c(CS(=O)(=O)Cl)cccc1OC1CCCN(C)C1. The summed E-state index contributed by atoms with van der Waals surface area (Å²) < 4.78 is 33.9. The molecule has 1 fully saturated rings. The van der Waals surface area contributed by atoms with Crippen molar-refractivity contribution in [3.63, 3.8) is 0 Å². The van der Waals surface area contributed by atoms with E-state index in [0.29, 0.717) is 17.1 Å². The second kappa shape index (κ2) is 6.85. The standard InChI is InChI=1S/C14H20ClNO4S/c1-16-8-4-6-12(9-16)20-13-7-3-5-11(14(13)19-2)10-21(15,17)18/h3,5,7,12H,4,6,8-10H2,1-2H3. The lowest BCUT2D eigenvalue weighted by Crippen LogP contribution is -2.38. The van der Waals surface area contributed by atoms with Crippen molar-refractivity contribution in [2.24, 2.45) is 0 Å². The number of ether oxygens (including phenoxy) is 2. The summed E-state index contributed by atoms with van der Waals surface area (Å²) in [5.74, 6) is 0.727. The number of likely N-dealkylation sites (tertiary alicyclic amines) is 1. The smallest absolute Gasteiger partial charge is 0.236 e. The molecule has 0 N–H and O–H groups in total. The van der Waals surface area contributed by atoms with E-state index >= 15 is 0 Å². The minimum absolute atomic E-state index is 0.0838. The van der Waals surface area contributed by atoms with Crippen molar-refractivity contribution in [1.29, 1.82) is 0 Å². The zero-order valence-electron chi connectivity index (χ0n) is 12.2. The molecular formula is C14H20ClNO4S. The summed E-state index contributed by atoms with van der Waals surface area (Å²) in [6.45, 7) is 1.92. The molecule has 1 aromatic rings. The molecule has 1 aliphatic rings. The van der Waals surface area contributed by atoms with Crippen molar-refractivity contribution in [1.82, 2.24) is 4.90 Å². The average Bonchev–Trinajstić information content (AvgIpc) is 2.37. The van der Waals surface area contributed by atoms with Crippen LogP contribution in [0.3, 0.4) is 0 Å². The van der Waals surface area contributed by atoms with Crippen LogP contribution in [-0.4, -0.2) is 46.7 Å². The van der Waals surface area contributed by atoms with Gasteiger partial charge in [0.15, 0.2) is 11.5 Å². The normalized spacial score (nSPS) is 20.2. The van der Waals surface area contributed by atoms with Crippen LogP contribution in [0.2, 0.25) is 0 Å². The van der Waals surface area contributed by atoms with Crippen LogP contribution in [0, 0.1) is 0 Å². The second-order valence-corrected chi connectivity index (χ2v) is 8.05. The van der Waals surface area contributed by atoms with Crippen LogP contribution < -0.4 is 9.47 Å². The minimum Gasteiger partial charge on any atom is -0.493 e. The molecule has 0 aromatic heterocycles. The van der Waals surface area contributed by atoms with Gasteiger partial charge in [0.2, 0.25) is 9.05 Å². The Morgan fingerprint density at radius 2 is 2.19 bits per heavy atom. The molecule has 1 aromatic carbocycles. The summed E-state index contributed by atoms with van der Waals surface area (Å²) in [5, 5.41) is 0. The van der Waals surface area contributed by atoms with Crippen LogP contribution in [-0.2, 0) is 14.8 Å². The monoisotopic (exact) mass is 333 g/mol. The summed E-state index contributed by atoms with van der Waals surface area (Å²) in [6, 6.07) is 5.22. The molecular weight excluding hydrogens is 314 g/mol. The number of likely N-dealkylation sites (N-methyl/N-ethyl adjacent to an activating group) is 1. The summed E-state index contributed by atoms with van der Waals surface area (Å²) >= 11 is 0. The lowest BCUT2D eigenvalue weighted by molar-refractivity contribution is 0.101. The Morgan fingerprint density at radius 3 is 2.81 bits per heavy atom. The molecule has 1 unspecified atom stereocenters. The highest BCUT2D eigenvalue weighted by atomic mass is 35.7. The number of nitrogens with zero attached hydrogens (tertiary/aromatic N) is 1. The number of para-hydroxylation sites is 1. The third kappa shape index (κ3) is 4.76. The molecule has 5 nitrogen and oxygen atoms in total. The number of halogens is 1. The zero-order chi connectivity index (χ0) is 15.5. The number of hydrogen-bond acceptors (Lipinski definition) is 5. The Labute approximate surface area is 130 Å². The largest absolute Gasteiger partial charge is 0.493 e. The Bertz CT molecular complexity index is 591. The molecule has 0 bridgehead atoms. The fourth-order valence-electron chi connectivity index (χ4n) is 2.58. The van der Waals surface area contributed by atoms with Gasteiger partial charge in [-0.2, -0.15) is 0 Å². The molecule has 0 aliphatic carbocycles. The first kappa shape index (κ1) is 16.4. The van der Waals surface area contributed by atoms with Gasteiger partial charge in [0, 0.05) is 22.8 Å². The van der Waals surface area contributed by atoms with Gasteiger partial charge < -0.3 is 14.4 Å². The van der Waals surface area contributed by atoms with E-state index in [1.807, 2.05) is 0 Å². The van der Waals surface area contributed by atoms with Crippen LogP contribution >= 0.6 is 10.7 Å². The lowest BCUT2D eigenvalue weighted by Gasteiger charge is -2.30. The maximum absolute atomic E-state index is 11.3. The molecule has 7 heteroatoms. The maximum Gasteiger partial charge on any atom is 0.236 e. The summed E-state index contributed by atoms with van der Waals surface area (Å²) in [4.78, 5) is 2.22. The zero-order valence-corrected chi connectivity index (χ0v) is 13.8. The van der Waals surface area contributed by atoms with Crippen LogP contribution in [0.4, 0.5) is 0 Å².